The molecule has 1 aromatic rings. The van der Waals surface area contributed by atoms with Gasteiger partial charge < -0.3 is 10.6 Å². The number of sulfonamides is 1. The molecule has 1 aromatic carbocycles. The number of anilines is 1. The number of nitrogens with zero attached hydrogens (tertiary/aromatic N) is 1. The van der Waals surface area contributed by atoms with Gasteiger partial charge in [0.1, 0.15) is 10.7 Å². The van der Waals surface area contributed by atoms with Crippen molar-refractivity contribution < 1.29 is 17.6 Å². The van der Waals surface area contributed by atoms with Crippen LogP contribution in [0.2, 0.25) is 0 Å². The number of nitrogens with one attached hydrogen (secondary N) is 1. The summed E-state index contributed by atoms with van der Waals surface area (Å²) in [5.74, 6) is -1.01. The Hall–Kier alpha value is -1.67. The number of halogens is 1. The largest absolute Gasteiger partial charge is 0.395 e. The van der Waals surface area contributed by atoms with Gasteiger partial charge in [-0.3, -0.25) is 4.79 Å². The molecule has 0 aliphatic rings. The lowest BCUT2D eigenvalue weighted by Crippen LogP contribution is -2.30. The van der Waals surface area contributed by atoms with Crippen molar-refractivity contribution in [2.24, 2.45) is 0 Å². The molecule has 0 saturated heterocycles. The topological polar surface area (TPSA) is 92.5 Å². The summed E-state index contributed by atoms with van der Waals surface area (Å²) in [6, 6.07) is 3.53. The van der Waals surface area contributed by atoms with E-state index in [0.29, 0.717) is 0 Å². The molecule has 0 unspecified atom stereocenters. The Morgan fingerprint density at radius 3 is 2.63 bits per heavy atom. The van der Waals surface area contributed by atoms with E-state index in [1.807, 2.05) is 0 Å². The zero-order valence-corrected chi connectivity index (χ0v) is 11.5. The molecule has 0 aliphatic carbocycles. The van der Waals surface area contributed by atoms with Crippen LogP contribution in [0.1, 0.15) is 6.42 Å². The van der Waals surface area contributed by atoms with Crippen LogP contribution in [-0.2, 0) is 14.8 Å². The molecular weight excluding hydrogens is 273 g/mol. The Bertz CT molecular complexity index is 573. The minimum atomic E-state index is -3.92. The van der Waals surface area contributed by atoms with Gasteiger partial charge in [-0.05, 0) is 12.1 Å². The summed E-state index contributed by atoms with van der Waals surface area (Å²) in [5.41, 5.74) is 4.94. The third-order valence-corrected chi connectivity index (χ3v) is 3.95. The Balaban J connectivity index is 2.77. The first-order valence-corrected chi connectivity index (χ1v) is 6.98. The molecule has 1 rings (SSSR count). The molecule has 1 amide bonds. The minimum absolute atomic E-state index is 0.0153. The van der Waals surface area contributed by atoms with Gasteiger partial charge in [0, 0.05) is 27.1 Å². The lowest BCUT2D eigenvalue weighted by Gasteiger charge is -2.12. The average molecular weight is 289 g/mol. The number of benzene rings is 1. The van der Waals surface area contributed by atoms with Crippen molar-refractivity contribution in [3.05, 3.63) is 24.0 Å². The zero-order chi connectivity index (χ0) is 14.6. The maximum atomic E-state index is 13.2. The molecule has 6 nitrogen and oxygen atoms in total. The number of hydrogen-bond acceptors (Lipinski definition) is 4. The van der Waals surface area contributed by atoms with Gasteiger partial charge in [-0.15, -0.1) is 0 Å². The van der Waals surface area contributed by atoms with Crippen LogP contribution in [-0.4, -0.2) is 39.9 Å². The number of carbonyl (C=O) groups is 1. The van der Waals surface area contributed by atoms with Crippen LogP contribution in [0.3, 0.4) is 0 Å². The maximum Gasteiger partial charge on any atom is 0.242 e. The molecule has 0 saturated carbocycles. The molecule has 0 bridgehead atoms. The van der Waals surface area contributed by atoms with Crippen molar-refractivity contribution >= 4 is 21.6 Å². The predicted molar refractivity (Wildman–Crippen MR) is 69.3 cm³/mol. The monoisotopic (exact) mass is 289 g/mol. The van der Waals surface area contributed by atoms with E-state index >= 15 is 0 Å². The summed E-state index contributed by atoms with van der Waals surface area (Å²) in [5, 5.41) is 0. The molecule has 0 aromatic heterocycles. The number of amides is 1. The number of nitrogen functional groups attached to an aromatic ring is 1. The lowest BCUT2D eigenvalue weighted by molar-refractivity contribution is -0.128. The highest BCUT2D eigenvalue weighted by molar-refractivity contribution is 7.89. The summed E-state index contributed by atoms with van der Waals surface area (Å²) >= 11 is 0. The highest BCUT2D eigenvalue weighted by Gasteiger charge is 2.19. The van der Waals surface area contributed by atoms with E-state index in [-0.39, 0.29) is 23.8 Å². The van der Waals surface area contributed by atoms with Gasteiger partial charge in [0.25, 0.3) is 0 Å². The van der Waals surface area contributed by atoms with E-state index in [2.05, 4.69) is 4.72 Å². The fourth-order valence-corrected chi connectivity index (χ4v) is 2.52. The Kier molecular flexibility index (Phi) is 4.84. The van der Waals surface area contributed by atoms with Gasteiger partial charge in [-0.2, -0.15) is 0 Å². The van der Waals surface area contributed by atoms with Crippen LogP contribution >= 0.6 is 0 Å². The van der Waals surface area contributed by atoms with E-state index in [9.17, 15) is 17.6 Å². The van der Waals surface area contributed by atoms with E-state index in [1.165, 1.54) is 17.0 Å². The quantitative estimate of drug-likeness (QED) is 0.755. The Labute approximate surface area is 111 Å². The summed E-state index contributed by atoms with van der Waals surface area (Å²) in [4.78, 5) is 12.3. The van der Waals surface area contributed by atoms with Gasteiger partial charge in [0.2, 0.25) is 15.9 Å². The summed E-state index contributed by atoms with van der Waals surface area (Å²) in [6.07, 6.45) is 0.0153. The van der Waals surface area contributed by atoms with Gasteiger partial charge in [0.15, 0.2) is 0 Å². The van der Waals surface area contributed by atoms with Gasteiger partial charge in [-0.1, -0.05) is 6.07 Å². The molecule has 0 atom stereocenters. The van der Waals surface area contributed by atoms with E-state index in [0.717, 1.165) is 6.07 Å². The van der Waals surface area contributed by atoms with E-state index in [4.69, 9.17) is 5.73 Å². The number of carbonyl (C=O) groups excluding carboxylic acids is 1. The molecule has 106 valence electrons. The molecule has 3 N–H and O–H groups in total. The summed E-state index contributed by atoms with van der Waals surface area (Å²) < 4.78 is 39.1. The number of para-hydroxylation sites is 1. The molecule has 8 heteroatoms. The van der Waals surface area contributed by atoms with Crippen molar-refractivity contribution in [3.8, 4) is 0 Å². The Morgan fingerprint density at radius 1 is 1.42 bits per heavy atom. The highest BCUT2D eigenvalue weighted by Crippen LogP contribution is 2.20. The normalized spacial score (nSPS) is 11.3. The first-order chi connectivity index (χ1) is 8.75. The molecule has 0 spiro atoms. The maximum absolute atomic E-state index is 13.2. The second-order valence-electron chi connectivity index (χ2n) is 4.09. The fourth-order valence-electron chi connectivity index (χ4n) is 1.35. The minimum Gasteiger partial charge on any atom is -0.395 e. The molecular formula is C11H16FN3O3S. The van der Waals surface area contributed by atoms with Crippen LogP contribution < -0.4 is 10.5 Å². The molecule has 0 radical (unpaired) electrons. The fraction of sp³-hybridized carbons (Fsp3) is 0.364. The smallest absolute Gasteiger partial charge is 0.242 e. The SMILES string of the molecule is CN(C)C(=O)CCNS(=O)(=O)c1cccc(F)c1N. The number of hydrogen-bond donors (Lipinski definition) is 2. The predicted octanol–water partition coefficient (Wildman–Crippen LogP) is 0.165. The van der Waals surface area contributed by atoms with Crippen molar-refractivity contribution in [1.29, 1.82) is 0 Å². The van der Waals surface area contributed by atoms with Crippen LogP contribution in [0.4, 0.5) is 10.1 Å². The van der Waals surface area contributed by atoms with Crippen LogP contribution in [0.5, 0.6) is 0 Å². The van der Waals surface area contributed by atoms with Gasteiger partial charge in [-0.25, -0.2) is 17.5 Å². The molecule has 0 aliphatic heterocycles. The highest BCUT2D eigenvalue weighted by atomic mass is 32.2. The van der Waals surface area contributed by atoms with Gasteiger partial charge in [0.05, 0.1) is 5.69 Å². The van der Waals surface area contributed by atoms with Crippen molar-refractivity contribution in [2.75, 3.05) is 26.4 Å². The molecule has 19 heavy (non-hydrogen) atoms. The van der Waals surface area contributed by atoms with Crippen molar-refractivity contribution in [1.82, 2.24) is 9.62 Å². The average Bonchev–Trinajstić information content (AvgIpc) is 2.31. The lowest BCUT2D eigenvalue weighted by atomic mass is 10.3. The standard InChI is InChI=1S/C11H16FN3O3S/c1-15(2)10(16)6-7-14-19(17,18)9-5-3-4-8(12)11(9)13/h3-5,14H,6-7,13H2,1-2H3. The third-order valence-electron chi connectivity index (χ3n) is 2.43. The van der Waals surface area contributed by atoms with E-state index < -0.39 is 21.5 Å². The van der Waals surface area contributed by atoms with E-state index in [1.54, 1.807) is 14.1 Å². The zero-order valence-electron chi connectivity index (χ0n) is 10.7. The van der Waals surface area contributed by atoms with Crippen LogP contribution in [0, 0.1) is 5.82 Å². The summed E-state index contributed by atoms with van der Waals surface area (Å²) in [6.45, 7) is -0.0741. The summed E-state index contributed by atoms with van der Waals surface area (Å²) in [7, 11) is -0.779. The van der Waals surface area contributed by atoms with Crippen molar-refractivity contribution in [2.45, 2.75) is 11.3 Å². The van der Waals surface area contributed by atoms with Gasteiger partial charge >= 0.3 is 0 Å². The number of nitrogens with two attached hydrogens (primary N) is 1. The van der Waals surface area contributed by atoms with Crippen molar-refractivity contribution in [3.63, 3.8) is 0 Å². The van der Waals surface area contributed by atoms with Crippen LogP contribution in [0.15, 0.2) is 23.1 Å². The first kappa shape index (κ1) is 15.4. The second kappa shape index (κ2) is 5.98. The first-order valence-electron chi connectivity index (χ1n) is 5.49. The number of rotatable bonds is 5. The second-order valence-corrected chi connectivity index (χ2v) is 5.82. The molecule has 0 heterocycles. The Morgan fingerprint density at radius 2 is 2.05 bits per heavy atom. The van der Waals surface area contributed by atoms with Crippen LogP contribution in [0.25, 0.3) is 0 Å². The molecule has 0 fully saturated rings. The third kappa shape index (κ3) is 3.90.